The quantitative estimate of drug-likeness (QED) is 0.880. The van der Waals surface area contributed by atoms with E-state index in [2.05, 4.69) is 10.6 Å². The number of anilines is 1. The van der Waals surface area contributed by atoms with Crippen molar-refractivity contribution < 1.29 is 14.3 Å². The molecule has 0 aliphatic carbocycles. The minimum absolute atomic E-state index is 0.0743. The van der Waals surface area contributed by atoms with Gasteiger partial charge in [0.1, 0.15) is 11.4 Å². The highest BCUT2D eigenvalue weighted by atomic mass is 16.5. The molecule has 20 heavy (non-hydrogen) atoms. The molecule has 0 atom stereocenters. The predicted molar refractivity (Wildman–Crippen MR) is 78.2 cm³/mol. The first-order valence-electron chi connectivity index (χ1n) is 6.83. The first-order valence-corrected chi connectivity index (χ1v) is 6.83. The van der Waals surface area contributed by atoms with E-state index in [1.807, 2.05) is 25.1 Å². The van der Waals surface area contributed by atoms with Crippen molar-refractivity contribution in [2.45, 2.75) is 25.4 Å². The molecular formula is C15H22N2O3. The number of hydrogen-bond donors (Lipinski definition) is 2. The Bertz CT molecular complexity index is 482. The first-order chi connectivity index (χ1) is 9.61. The number of nitrogens with one attached hydrogen (secondary N) is 2. The molecule has 110 valence electrons. The lowest BCUT2D eigenvalue weighted by Gasteiger charge is -2.34. The van der Waals surface area contributed by atoms with E-state index in [-0.39, 0.29) is 5.91 Å². The van der Waals surface area contributed by atoms with Gasteiger partial charge in [-0.05, 0) is 56.6 Å². The summed E-state index contributed by atoms with van der Waals surface area (Å²) in [6, 6.07) is 5.60. The van der Waals surface area contributed by atoms with E-state index in [1.165, 1.54) is 0 Å². The topological polar surface area (TPSA) is 59.6 Å². The van der Waals surface area contributed by atoms with Crippen LogP contribution in [0.15, 0.2) is 18.2 Å². The normalized spacial score (nSPS) is 17.6. The molecule has 1 amide bonds. The Morgan fingerprint density at radius 1 is 1.30 bits per heavy atom. The Morgan fingerprint density at radius 2 is 2.00 bits per heavy atom. The van der Waals surface area contributed by atoms with Crippen LogP contribution >= 0.6 is 0 Å². The van der Waals surface area contributed by atoms with Crippen molar-refractivity contribution in [1.82, 2.24) is 5.32 Å². The highest BCUT2D eigenvalue weighted by molar-refractivity contribution is 5.98. The van der Waals surface area contributed by atoms with E-state index in [9.17, 15) is 4.79 Å². The van der Waals surface area contributed by atoms with Crippen LogP contribution in [-0.2, 0) is 9.53 Å². The molecule has 1 aromatic rings. The molecule has 0 radical (unpaired) electrons. The maximum Gasteiger partial charge on any atom is 0.256 e. The zero-order valence-corrected chi connectivity index (χ0v) is 12.3. The zero-order valence-electron chi connectivity index (χ0n) is 12.3. The maximum absolute atomic E-state index is 12.5. The van der Waals surface area contributed by atoms with Crippen molar-refractivity contribution in [3.05, 3.63) is 23.8 Å². The van der Waals surface area contributed by atoms with E-state index in [1.54, 1.807) is 14.2 Å². The average molecular weight is 278 g/mol. The van der Waals surface area contributed by atoms with Crippen molar-refractivity contribution in [3.63, 3.8) is 0 Å². The molecule has 1 aromatic carbocycles. The molecule has 1 aliphatic heterocycles. The molecule has 1 heterocycles. The summed E-state index contributed by atoms with van der Waals surface area (Å²) < 4.78 is 10.7. The molecule has 5 nitrogen and oxygen atoms in total. The molecule has 2 rings (SSSR count). The summed E-state index contributed by atoms with van der Waals surface area (Å²) in [4.78, 5) is 12.5. The lowest BCUT2D eigenvalue weighted by Crippen LogP contribution is -2.51. The minimum atomic E-state index is -0.725. The summed E-state index contributed by atoms with van der Waals surface area (Å²) in [6.07, 6.45) is 1.37. The fraction of sp³-hybridized carbons (Fsp3) is 0.533. The third-order valence-electron chi connectivity index (χ3n) is 3.90. The van der Waals surface area contributed by atoms with Crippen LogP contribution in [0.3, 0.4) is 0 Å². The zero-order chi connectivity index (χ0) is 14.6. The molecule has 1 fully saturated rings. The van der Waals surface area contributed by atoms with Gasteiger partial charge in [0, 0.05) is 12.8 Å². The predicted octanol–water partition coefficient (Wildman–Crippen LogP) is 1.71. The van der Waals surface area contributed by atoms with Gasteiger partial charge in [-0.25, -0.2) is 0 Å². The van der Waals surface area contributed by atoms with Gasteiger partial charge in [-0.3, -0.25) is 4.79 Å². The van der Waals surface area contributed by atoms with Crippen LogP contribution in [0.25, 0.3) is 0 Å². The number of aryl methyl sites for hydroxylation is 1. The number of methoxy groups -OCH3 is 2. The first kappa shape index (κ1) is 14.8. The number of hydrogen-bond acceptors (Lipinski definition) is 4. The van der Waals surface area contributed by atoms with Crippen molar-refractivity contribution in [1.29, 1.82) is 0 Å². The Balaban J connectivity index is 2.14. The van der Waals surface area contributed by atoms with E-state index < -0.39 is 5.60 Å². The van der Waals surface area contributed by atoms with Crippen molar-refractivity contribution >= 4 is 11.6 Å². The smallest absolute Gasteiger partial charge is 0.256 e. The molecule has 1 saturated heterocycles. The Hall–Kier alpha value is -1.59. The van der Waals surface area contributed by atoms with Crippen LogP contribution in [0.5, 0.6) is 5.75 Å². The number of rotatable bonds is 4. The van der Waals surface area contributed by atoms with Gasteiger partial charge < -0.3 is 20.1 Å². The summed E-state index contributed by atoms with van der Waals surface area (Å²) in [5.74, 6) is 0.707. The SMILES string of the molecule is COc1ccc(NC(=O)C2(OC)CCNCC2)c(C)c1. The number of carbonyl (C=O) groups is 1. The molecule has 0 aromatic heterocycles. The van der Waals surface area contributed by atoms with Crippen LogP contribution in [0, 0.1) is 6.92 Å². The number of piperidine rings is 1. The van der Waals surface area contributed by atoms with Crippen molar-refractivity contribution in [2.75, 3.05) is 32.6 Å². The molecule has 0 bridgehead atoms. The third kappa shape index (κ3) is 2.94. The fourth-order valence-electron chi connectivity index (χ4n) is 2.49. The second-order valence-electron chi connectivity index (χ2n) is 5.08. The number of benzene rings is 1. The summed E-state index contributed by atoms with van der Waals surface area (Å²) >= 11 is 0. The summed E-state index contributed by atoms with van der Waals surface area (Å²) in [7, 11) is 3.23. The molecule has 0 saturated carbocycles. The molecule has 5 heteroatoms. The second kappa shape index (κ2) is 6.24. The highest BCUT2D eigenvalue weighted by Crippen LogP contribution is 2.27. The van der Waals surface area contributed by atoms with Crippen molar-refractivity contribution in [3.8, 4) is 5.75 Å². The van der Waals surface area contributed by atoms with E-state index in [0.29, 0.717) is 12.8 Å². The van der Waals surface area contributed by atoms with Crippen molar-refractivity contribution in [2.24, 2.45) is 0 Å². The number of ether oxygens (including phenoxy) is 2. The lowest BCUT2D eigenvalue weighted by molar-refractivity contribution is -0.140. The third-order valence-corrected chi connectivity index (χ3v) is 3.90. The standard InChI is InChI=1S/C15H22N2O3/c1-11-10-12(19-2)4-5-13(11)17-14(18)15(20-3)6-8-16-9-7-15/h4-5,10,16H,6-9H2,1-3H3,(H,17,18). The van der Waals surface area contributed by atoms with Gasteiger partial charge in [0.05, 0.1) is 7.11 Å². The van der Waals surface area contributed by atoms with Gasteiger partial charge in [0.15, 0.2) is 0 Å². The summed E-state index contributed by atoms with van der Waals surface area (Å²) in [6.45, 7) is 3.53. The monoisotopic (exact) mass is 278 g/mol. The van der Waals surface area contributed by atoms with Crippen LogP contribution in [0.2, 0.25) is 0 Å². The van der Waals surface area contributed by atoms with E-state index >= 15 is 0 Å². The second-order valence-corrected chi connectivity index (χ2v) is 5.08. The Morgan fingerprint density at radius 3 is 2.55 bits per heavy atom. The Kier molecular flexibility index (Phi) is 4.62. The minimum Gasteiger partial charge on any atom is -0.497 e. The van der Waals surface area contributed by atoms with E-state index in [4.69, 9.17) is 9.47 Å². The fourth-order valence-corrected chi connectivity index (χ4v) is 2.49. The van der Waals surface area contributed by atoms with Gasteiger partial charge in [-0.1, -0.05) is 0 Å². The molecule has 0 spiro atoms. The lowest BCUT2D eigenvalue weighted by atomic mass is 9.91. The van der Waals surface area contributed by atoms with Gasteiger partial charge in [0.2, 0.25) is 0 Å². The summed E-state index contributed by atoms with van der Waals surface area (Å²) in [5.41, 5.74) is 1.04. The largest absolute Gasteiger partial charge is 0.497 e. The Labute approximate surface area is 119 Å². The van der Waals surface area contributed by atoms with Gasteiger partial charge in [0.25, 0.3) is 5.91 Å². The average Bonchev–Trinajstić information content (AvgIpc) is 2.49. The van der Waals surface area contributed by atoms with Gasteiger partial charge in [-0.2, -0.15) is 0 Å². The van der Waals surface area contributed by atoms with Gasteiger partial charge >= 0.3 is 0 Å². The molecule has 2 N–H and O–H groups in total. The number of amides is 1. The molecular weight excluding hydrogens is 256 g/mol. The maximum atomic E-state index is 12.5. The van der Waals surface area contributed by atoms with E-state index in [0.717, 1.165) is 30.1 Å². The van der Waals surface area contributed by atoms with Crippen LogP contribution in [-0.4, -0.2) is 38.8 Å². The van der Waals surface area contributed by atoms with Crippen LogP contribution in [0.1, 0.15) is 18.4 Å². The molecule has 0 unspecified atom stereocenters. The number of carbonyl (C=O) groups excluding carboxylic acids is 1. The highest BCUT2D eigenvalue weighted by Gasteiger charge is 2.39. The van der Waals surface area contributed by atoms with Gasteiger partial charge in [-0.15, -0.1) is 0 Å². The van der Waals surface area contributed by atoms with Crippen LogP contribution in [0.4, 0.5) is 5.69 Å². The van der Waals surface area contributed by atoms with Crippen LogP contribution < -0.4 is 15.4 Å². The molecule has 1 aliphatic rings. The summed E-state index contributed by atoms with van der Waals surface area (Å²) in [5, 5.41) is 6.22.